The fraction of sp³-hybridized carbons (Fsp3) is 0.136. The van der Waals surface area contributed by atoms with E-state index < -0.39 is 0 Å². The van der Waals surface area contributed by atoms with Crippen molar-refractivity contribution >= 4 is 33.3 Å². The molecular formula is C22H19N3OS. The Balaban J connectivity index is 1.54. The third-order valence-corrected chi connectivity index (χ3v) is 5.26. The van der Waals surface area contributed by atoms with Gasteiger partial charge in [-0.15, -0.1) is 11.3 Å². The Hall–Kier alpha value is -3.05. The SMILES string of the molecule is O=C(CCc1ccccc1)c1nc(NCc2ccccc2)nc2ccsc12. The summed E-state index contributed by atoms with van der Waals surface area (Å²) in [6, 6.07) is 22.1. The zero-order valence-electron chi connectivity index (χ0n) is 14.8. The second kappa shape index (κ2) is 8.10. The number of nitrogens with zero attached hydrogens (tertiary/aromatic N) is 2. The van der Waals surface area contributed by atoms with Crippen LogP contribution in [0.15, 0.2) is 72.1 Å². The minimum Gasteiger partial charge on any atom is -0.350 e. The molecule has 2 aromatic carbocycles. The van der Waals surface area contributed by atoms with E-state index in [-0.39, 0.29) is 5.78 Å². The van der Waals surface area contributed by atoms with Crippen LogP contribution in [-0.2, 0) is 13.0 Å². The van der Waals surface area contributed by atoms with Gasteiger partial charge in [-0.1, -0.05) is 60.7 Å². The van der Waals surface area contributed by atoms with Gasteiger partial charge in [0, 0.05) is 13.0 Å². The second-order valence-electron chi connectivity index (χ2n) is 6.28. The van der Waals surface area contributed by atoms with Crippen molar-refractivity contribution in [2.24, 2.45) is 0 Å². The Kier molecular flexibility index (Phi) is 5.21. The van der Waals surface area contributed by atoms with Crippen LogP contribution in [0.2, 0.25) is 0 Å². The van der Waals surface area contributed by atoms with Gasteiger partial charge in [0.15, 0.2) is 5.78 Å². The van der Waals surface area contributed by atoms with Crippen molar-refractivity contribution in [3.63, 3.8) is 0 Å². The molecule has 0 unspecified atom stereocenters. The zero-order valence-corrected chi connectivity index (χ0v) is 15.6. The van der Waals surface area contributed by atoms with Crippen LogP contribution in [0.4, 0.5) is 5.95 Å². The standard InChI is InChI=1S/C22H19N3OS/c26-19(12-11-16-7-3-1-4-8-16)20-21-18(13-14-27-21)24-22(25-20)23-15-17-9-5-2-6-10-17/h1-10,13-14H,11-12,15H2,(H,23,24,25). The number of aromatic nitrogens is 2. The first-order valence-corrected chi connectivity index (χ1v) is 9.78. The van der Waals surface area contributed by atoms with Gasteiger partial charge in [0.2, 0.25) is 5.95 Å². The Morgan fingerprint density at radius 1 is 0.889 bits per heavy atom. The van der Waals surface area contributed by atoms with Crippen LogP contribution in [0.3, 0.4) is 0 Å². The molecular weight excluding hydrogens is 354 g/mol. The third kappa shape index (κ3) is 4.20. The van der Waals surface area contributed by atoms with Crippen LogP contribution in [0.5, 0.6) is 0 Å². The Morgan fingerprint density at radius 3 is 2.33 bits per heavy atom. The maximum absolute atomic E-state index is 12.8. The fourth-order valence-corrected chi connectivity index (χ4v) is 3.77. The number of hydrogen-bond acceptors (Lipinski definition) is 5. The molecule has 0 aliphatic carbocycles. The van der Waals surface area contributed by atoms with Crippen LogP contribution in [-0.4, -0.2) is 15.8 Å². The first kappa shape index (κ1) is 17.4. The van der Waals surface area contributed by atoms with Crippen molar-refractivity contribution in [3.8, 4) is 0 Å². The highest BCUT2D eigenvalue weighted by molar-refractivity contribution is 7.17. The van der Waals surface area contributed by atoms with Gasteiger partial charge in [-0.25, -0.2) is 9.97 Å². The van der Waals surface area contributed by atoms with Crippen LogP contribution in [0.25, 0.3) is 10.2 Å². The molecule has 0 bridgehead atoms. The molecule has 0 spiro atoms. The van der Waals surface area contributed by atoms with Gasteiger partial charge in [-0.2, -0.15) is 0 Å². The number of thiophene rings is 1. The summed E-state index contributed by atoms with van der Waals surface area (Å²) >= 11 is 1.51. The van der Waals surface area contributed by atoms with E-state index in [0.717, 1.165) is 21.3 Å². The smallest absolute Gasteiger partial charge is 0.224 e. The molecule has 134 valence electrons. The molecule has 0 aliphatic rings. The molecule has 1 N–H and O–H groups in total. The number of Topliss-reactive ketones (excluding diaryl/α,β-unsaturated/α-hetero) is 1. The van der Waals surface area contributed by atoms with Crippen LogP contribution in [0.1, 0.15) is 28.0 Å². The molecule has 0 saturated carbocycles. The lowest BCUT2D eigenvalue weighted by Crippen LogP contribution is -2.09. The largest absolute Gasteiger partial charge is 0.350 e. The number of nitrogens with one attached hydrogen (secondary N) is 1. The summed E-state index contributed by atoms with van der Waals surface area (Å²) in [4.78, 5) is 21.9. The molecule has 4 rings (SSSR count). The van der Waals surface area contributed by atoms with Crippen LogP contribution in [0, 0.1) is 0 Å². The third-order valence-electron chi connectivity index (χ3n) is 4.34. The highest BCUT2D eigenvalue weighted by Gasteiger charge is 2.16. The summed E-state index contributed by atoms with van der Waals surface area (Å²) in [5, 5.41) is 5.19. The second-order valence-corrected chi connectivity index (χ2v) is 7.19. The van der Waals surface area contributed by atoms with Gasteiger partial charge in [-0.05, 0) is 29.0 Å². The van der Waals surface area contributed by atoms with E-state index in [4.69, 9.17) is 0 Å². The lowest BCUT2D eigenvalue weighted by atomic mass is 10.1. The van der Waals surface area contributed by atoms with Crippen molar-refractivity contribution in [1.82, 2.24) is 9.97 Å². The Bertz CT molecular complexity index is 1050. The highest BCUT2D eigenvalue weighted by Crippen LogP contribution is 2.25. The quantitative estimate of drug-likeness (QED) is 0.457. The molecule has 0 saturated heterocycles. The topological polar surface area (TPSA) is 54.9 Å². The van der Waals surface area contributed by atoms with Gasteiger partial charge in [0.05, 0.1) is 10.2 Å². The van der Waals surface area contributed by atoms with Crippen LogP contribution < -0.4 is 5.32 Å². The van der Waals surface area contributed by atoms with Crippen molar-refractivity contribution in [2.45, 2.75) is 19.4 Å². The number of carbonyl (C=O) groups excluding carboxylic acids is 1. The molecule has 0 amide bonds. The number of rotatable bonds is 7. The summed E-state index contributed by atoms with van der Waals surface area (Å²) in [6.45, 7) is 0.619. The summed E-state index contributed by atoms with van der Waals surface area (Å²) in [5.41, 5.74) is 3.63. The first-order valence-electron chi connectivity index (χ1n) is 8.90. The Morgan fingerprint density at radius 2 is 1.59 bits per heavy atom. The summed E-state index contributed by atoms with van der Waals surface area (Å²) in [7, 11) is 0. The molecule has 5 heteroatoms. The van der Waals surface area contributed by atoms with E-state index in [9.17, 15) is 4.79 Å². The molecule has 4 nitrogen and oxygen atoms in total. The highest BCUT2D eigenvalue weighted by atomic mass is 32.1. The van der Waals surface area contributed by atoms with Gasteiger partial charge in [0.25, 0.3) is 0 Å². The molecule has 0 radical (unpaired) electrons. The maximum atomic E-state index is 12.8. The van der Waals surface area contributed by atoms with Crippen molar-refractivity contribution in [1.29, 1.82) is 0 Å². The molecule has 4 aromatic rings. The molecule has 0 atom stereocenters. The number of aryl methyl sites for hydroxylation is 1. The predicted octanol–water partition coefficient (Wildman–Crippen LogP) is 5.12. The summed E-state index contributed by atoms with van der Waals surface area (Å²) < 4.78 is 0.860. The van der Waals surface area contributed by atoms with Gasteiger partial charge >= 0.3 is 0 Å². The lowest BCUT2D eigenvalue weighted by molar-refractivity contribution is 0.0980. The van der Waals surface area contributed by atoms with E-state index >= 15 is 0 Å². The van der Waals surface area contributed by atoms with Gasteiger partial charge < -0.3 is 5.32 Å². The monoisotopic (exact) mass is 373 g/mol. The maximum Gasteiger partial charge on any atom is 0.224 e. The van der Waals surface area contributed by atoms with Crippen LogP contribution >= 0.6 is 11.3 Å². The lowest BCUT2D eigenvalue weighted by Gasteiger charge is -2.08. The van der Waals surface area contributed by atoms with Gasteiger partial charge in [-0.3, -0.25) is 4.79 Å². The van der Waals surface area contributed by atoms with Crippen molar-refractivity contribution in [2.75, 3.05) is 5.32 Å². The van der Waals surface area contributed by atoms with E-state index in [1.165, 1.54) is 11.3 Å². The first-order chi connectivity index (χ1) is 13.3. The van der Waals surface area contributed by atoms with Crippen molar-refractivity contribution < 1.29 is 4.79 Å². The number of ketones is 1. The normalized spacial score (nSPS) is 10.8. The number of hydrogen-bond donors (Lipinski definition) is 1. The molecule has 2 aromatic heterocycles. The minimum absolute atomic E-state index is 0.0523. The number of carbonyl (C=O) groups is 1. The number of benzene rings is 2. The van der Waals surface area contributed by atoms with E-state index in [1.807, 2.05) is 72.1 Å². The zero-order chi connectivity index (χ0) is 18.5. The van der Waals surface area contributed by atoms with Gasteiger partial charge in [0.1, 0.15) is 5.69 Å². The average Bonchev–Trinajstić information content (AvgIpc) is 3.20. The minimum atomic E-state index is 0.0523. The number of anilines is 1. The predicted molar refractivity (Wildman–Crippen MR) is 110 cm³/mol. The number of fused-ring (bicyclic) bond motifs is 1. The Labute approximate surface area is 161 Å². The van der Waals surface area contributed by atoms with E-state index in [0.29, 0.717) is 31.0 Å². The summed E-state index contributed by atoms with van der Waals surface area (Å²) in [6.07, 6.45) is 1.15. The molecule has 0 fully saturated rings. The average molecular weight is 373 g/mol. The van der Waals surface area contributed by atoms with E-state index in [1.54, 1.807) is 0 Å². The molecule has 0 aliphatic heterocycles. The molecule has 27 heavy (non-hydrogen) atoms. The molecule has 2 heterocycles. The summed E-state index contributed by atoms with van der Waals surface area (Å²) in [5.74, 6) is 0.546. The van der Waals surface area contributed by atoms with Crippen molar-refractivity contribution in [3.05, 3.63) is 88.9 Å². The van der Waals surface area contributed by atoms with E-state index in [2.05, 4.69) is 15.3 Å². The fourth-order valence-electron chi connectivity index (χ4n) is 2.93.